The molecule has 0 saturated carbocycles. The van der Waals surface area contributed by atoms with Crippen LogP contribution >= 0.6 is 0 Å². The maximum atomic E-state index is 13.9. The predicted molar refractivity (Wildman–Crippen MR) is 196 cm³/mol. The topological polar surface area (TPSA) is 218 Å². The molecule has 1 aromatic carbocycles. The predicted octanol–water partition coefficient (Wildman–Crippen LogP) is 3.76. The van der Waals surface area contributed by atoms with E-state index in [0.29, 0.717) is 43.0 Å². The van der Waals surface area contributed by atoms with Crippen LogP contribution in [0, 0.1) is 11.8 Å². The largest absolute Gasteiger partial charge is 0.411 e. The van der Waals surface area contributed by atoms with Crippen LogP contribution in [0.25, 0.3) is 0 Å². The summed E-state index contributed by atoms with van der Waals surface area (Å²) in [5, 5.41) is 44.3. The van der Waals surface area contributed by atoms with E-state index < -0.39 is 39.0 Å². The highest BCUT2D eigenvalue weighted by Gasteiger charge is 2.38. The van der Waals surface area contributed by atoms with E-state index in [1.807, 2.05) is 27.7 Å². The third-order valence-electron chi connectivity index (χ3n) is 9.29. The zero-order chi connectivity index (χ0) is 38.4. The van der Waals surface area contributed by atoms with Gasteiger partial charge in [-0.3, -0.25) is 19.8 Å². The van der Waals surface area contributed by atoms with Crippen molar-refractivity contribution in [2.24, 2.45) is 22.1 Å². The molecule has 7 N–H and O–H groups in total. The molecule has 2 amide bonds. The van der Waals surface area contributed by atoms with Crippen molar-refractivity contribution in [1.29, 1.82) is 0 Å². The van der Waals surface area contributed by atoms with Gasteiger partial charge in [-0.05, 0) is 122 Å². The Kier molecular flexibility index (Phi) is 16.6. The highest BCUT2D eigenvalue weighted by Crippen LogP contribution is 2.25. The number of carbonyl (C=O) groups excluding carboxylic acids is 2. The lowest BCUT2D eigenvalue weighted by atomic mass is 9.94. The van der Waals surface area contributed by atoms with Crippen molar-refractivity contribution >= 4 is 33.3 Å². The molecule has 1 atom stereocenters. The maximum Gasteiger partial charge on any atom is 0.262 e. The summed E-state index contributed by atoms with van der Waals surface area (Å²) in [4.78, 5) is 29.7. The number of nitrogens with one attached hydrogen (secondary N) is 4. The number of oxime groups is 2. The molecule has 1 heterocycles. The van der Waals surface area contributed by atoms with E-state index in [2.05, 4.69) is 31.2 Å². The zero-order valence-electron chi connectivity index (χ0n) is 31.0. The molecule has 0 fully saturated rings. The second kappa shape index (κ2) is 19.6. The first kappa shape index (κ1) is 43.2. The van der Waals surface area contributed by atoms with Gasteiger partial charge in [0, 0.05) is 31.0 Å². The SMILES string of the molecule is CC(=NO)C(C)(C)NCCC(CCNC(=O)c1ccc(S(=O)(=O)N(Cc2cccnc2)C(C(=O)NO)C(C)C)cc1)CCNC(C)(C)C(C)=NO. The Hall–Kier alpha value is -3.96. The third kappa shape index (κ3) is 12.6. The maximum absolute atomic E-state index is 13.9. The van der Waals surface area contributed by atoms with Gasteiger partial charge in [0.2, 0.25) is 10.0 Å². The Bertz CT molecular complexity index is 1540. The van der Waals surface area contributed by atoms with Crippen molar-refractivity contribution in [1.82, 2.24) is 30.7 Å². The molecule has 1 aromatic heterocycles. The van der Waals surface area contributed by atoms with E-state index in [0.717, 1.165) is 17.1 Å². The minimum Gasteiger partial charge on any atom is -0.411 e. The zero-order valence-corrected chi connectivity index (χ0v) is 31.8. The van der Waals surface area contributed by atoms with Crippen LogP contribution in [0.2, 0.25) is 0 Å². The molecule has 2 rings (SSSR count). The Morgan fingerprint density at radius 3 is 1.86 bits per heavy atom. The van der Waals surface area contributed by atoms with Gasteiger partial charge in [-0.1, -0.05) is 30.2 Å². The number of amides is 2. The number of hydrogen-bond acceptors (Lipinski definition) is 12. The van der Waals surface area contributed by atoms with Gasteiger partial charge in [-0.15, -0.1) is 0 Å². The molecule has 15 nitrogen and oxygen atoms in total. The molecule has 0 bridgehead atoms. The number of rotatable bonds is 21. The van der Waals surface area contributed by atoms with Crippen LogP contribution in [0.3, 0.4) is 0 Å². The monoisotopic (exact) mass is 732 g/mol. The minimum atomic E-state index is -4.28. The summed E-state index contributed by atoms with van der Waals surface area (Å²) < 4.78 is 28.9. The van der Waals surface area contributed by atoms with Gasteiger partial charge >= 0.3 is 0 Å². The van der Waals surface area contributed by atoms with Crippen molar-refractivity contribution in [3.05, 3.63) is 59.9 Å². The first-order valence-corrected chi connectivity index (χ1v) is 18.5. The molecule has 0 aliphatic carbocycles. The fourth-order valence-electron chi connectivity index (χ4n) is 5.36. The van der Waals surface area contributed by atoms with E-state index in [1.165, 1.54) is 30.5 Å². The summed E-state index contributed by atoms with van der Waals surface area (Å²) in [7, 11) is -4.28. The van der Waals surface area contributed by atoms with Crippen LogP contribution in [0.15, 0.2) is 64.0 Å². The summed E-state index contributed by atoms with van der Waals surface area (Å²) >= 11 is 0. The van der Waals surface area contributed by atoms with Gasteiger partial charge in [0.05, 0.1) is 27.4 Å². The Labute approximate surface area is 302 Å². The molecule has 284 valence electrons. The number of pyridine rings is 1. The molecule has 0 saturated heterocycles. The molecular weight excluding hydrogens is 677 g/mol. The number of benzene rings is 1. The van der Waals surface area contributed by atoms with Gasteiger partial charge < -0.3 is 26.4 Å². The minimum absolute atomic E-state index is 0.117. The molecular formula is C35H56N8O7S. The van der Waals surface area contributed by atoms with Crippen LogP contribution < -0.4 is 21.4 Å². The lowest BCUT2D eigenvalue weighted by Crippen LogP contribution is -2.51. The van der Waals surface area contributed by atoms with Gasteiger partial charge in [-0.25, -0.2) is 13.9 Å². The van der Waals surface area contributed by atoms with Crippen molar-refractivity contribution in [2.45, 2.75) is 103 Å². The third-order valence-corrected chi connectivity index (χ3v) is 11.1. The van der Waals surface area contributed by atoms with Crippen LogP contribution in [0.1, 0.15) is 90.6 Å². The fraction of sp³-hybridized carbons (Fsp3) is 0.571. The van der Waals surface area contributed by atoms with Crippen LogP contribution in [-0.4, -0.2) is 93.3 Å². The summed E-state index contributed by atoms with van der Waals surface area (Å²) in [6, 6.07) is 7.63. The standard InChI is InChI=1S/C35H56N8O7S/c1-24(2)31(33(45)42-48)43(23-28-10-9-18-36-22-28)51(49,50)30-13-11-29(12-14-30)32(44)37-19-15-27(16-20-38-34(5,6)25(3)40-46)17-21-39-35(7,8)26(4)41-47/h9-14,18,22,24,27,31,38-39,46-48H,15-17,19-21,23H2,1-8H3,(H,37,44)(H,42,45). The fourth-order valence-corrected chi connectivity index (χ4v) is 7.07. The average molecular weight is 733 g/mol. The number of carbonyl (C=O) groups is 2. The highest BCUT2D eigenvalue weighted by molar-refractivity contribution is 7.89. The smallest absolute Gasteiger partial charge is 0.262 e. The molecule has 1 unspecified atom stereocenters. The lowest BCUT2D eigenvalue weighted by Gasteiger charge is -2.32. The number of aromatic nitrogens is 1. The number of nitrogens with zero attached hydrogens (tertiary/aromatic N) is 4. The van der Waals surface area contributed by atoms with Gasteiger partial charge in [-0.2, -0.15) is 4.31 Å². The summed E-state index contributed by atoms with van der Waals surface area (Å²) in [6.45, 7) is 16.1. The second-order valence-corrected chi connectivity index (χ2v) is 16.0. The van der Waals surface area contributed by atoms with E-state index in [1.54, 1.807) is 51.5 Å². The Morgan fingerprint density at radius 1 is 0.882 bits per heavy atom. The Morgan fingerprint density at radius 2 is 1.41 bits per heavy atom. The summed E-state index contributed by atoms with van der Waals surface area (Å²) in [5.41, 5.74) is 2.52. The number of sulfonamides is 1. The van der Waals surface area contributed by atoms with Crippen molar-refractivity contribution in [2.75, 3.05) is 19.6 Å². The molecule has 51 heavy (non-hydrogen) atoms. The van der Waals surface area contributed by atoms with Crippen LogP contribution in [0.4, 0.5) is 0 Å². The summed E-state index contributed by atoms with van der Waals surface area (Å²) in [6.07, 6.45) is 5.28. The highest BCUT2D eigenvalue weighted by atomic mass is 32.2. The van der Waals surface area contributed by atoms with Crippen molar-refractivity contribution in [3.63, 3.8) is 0 Å². The van der Waals surface area contributed by atoms with Gasteiger partial charge in [0.15, 0.2) is 0 Å². The normalized spacial score (nSPS) is 14.4. The van der Waals surface area contributed by atoms with E-state index in [-0.39, 0.29) is 28.8 Å². The van der Waals surface area contributed by atoms with Gasteiger partial charge in [0.1, 0.15) is 6.04 Å². The quantitative estimate of drug-likeness (QED) is 0.0427. The van der Waals surface area contributed by atoms with E-state index >= 15 is 0 Å². The molecule has 0 aliphatic heterocycles. The molecule has 16 heteroatoms. The first-order valence-electron chi connectivity index (χ1n) is 17.0. The van der Waals surface area contributed by atoms with Gasteiger partial charge in [0.25, 0.3) is 11.8 Å². The van der Waals surface area contributed by atoms with Crippen molar-refractivity contribution in [3.8, 4) is 0 Å². The molecule has 0 radical (unpaired) electrons. The second-order valence-electron chi connectivity index (χ2n) is 14.1. The molecule has 0 aliphatic rings. The van der Waals surface area contributed by atoms with Crippen LogP contribution in [-0.2, 0) is 21.4 Å². The average Bonchev–Trinajstić information content (AvgIpc) is 3.10. The first-order chi connectivity index (χ1) is 23.9. The number of hydrogen-bond donors (Lipinski definition) is 7. The van der Waals surface area contributed by atoms with E-state index in [9.17, 15) is 33.6 Å². The number of hydroxylamine groups is 1. The molecule has 0 spiro atoms. The van der Waals surface area contributed by atoms with E-state index in [4.69, 9.17) is 0 Å². The molecule has 2 aromatic rings. The van der Waals surface area contributed by atoms with Crippen LogP contribution in [0.5, 0.6) is 0 Å². The van der Waals surface area contributed by atoms with Crippen molar-refractivity contribution < 1.29 is 33.6 Å². The summed E-state index contributed by atoms with van der Waals surface area (Å²) in [5.74, 6) is -1.53. The Balaban J connectivity index is 2.17. The lowest BCUT2D eigenvalue weighted by molar-refractivity contribution is -0.134.